The molecule has 0 fully saturated rings. The van der Waals surface area contributed by atoms with E-state index >= 15 is 0 Å². The van der Waals surface area contributed by atoms with Crippen LogP contribution in [0.4, 0.5) is 0 Å². The van der Waals surface area contributed by atoms with Gasteiger partial charge in [0.05, 0.1) is 45.8 Å². The summed E-state index contributed by atoms with van der Waals surface area (Å²) in [4.78, 5) is 9.38. The van der Waals surface area contributed by atoms with E-state index in [2.05, 4.69) is 179 Å². The van der Waals surface area contributed by atoms with Crippen LogP contribution in [0.5, 0.6) is 0 Å². The maximum atomic E-state index is 4.69. The van der Waals surface area contributed by atoms with Crippen LogP contribution >= 0.6 is 0 Å². The molecule has 0 amide bonds. The fourth-order valence-corrected chi connectivity index (χ4v) is 8.50. The summed E-state index contributed by atoms with van der Waals surface area (Å²) in [5.74, 6) is 0. The Kier molecular flexibility index (Phi) is 7.46. The zero-order valence-electron chi connectivity index (χ0n) is 30.4. The number of para-hydroxylation sites is 2. The lowest BCUT2D eigenvalue weighted by Crippen LogP contribution is -1.96. The molecule has 0 saturated carbocycles. The molecule has 262 valence electrons. The highest BCUT2D eigenvalue weighted by atomic mass is 15.0. The van der Waals surface area contributed by atoms with Crippen molar-refractivity contribution in [3.8, 4) is 55.9 Å². The Hall–Kier alpha value is -7.56. The minimum Gasteiger partial charge on any atom is -0.308 e. The molecule has 0 bridgehead atoms. The molecule has 4 nitrogen and oxygen atoms in total. The summed E-state index contributed by atoms with van der Waals surface area (Å²) in [7, 11) is 0. The highest BCUT2D eigenvalue weighted by molar-refractivity contribution is 6.12. The molecule has 0 spiro atoms. The molecule has 0 atom stereocenters. The smallest absolute Gasteiger partial charge is 0.0651 e. The molecule has 0 aliphatic rings. The number of fused-ring (bicyclic) bond motifs is 6. The largest absolute Gasteiger partial charge is 0.308 e. The van der Waals surface area contributed by atoms with Crippen molar-refractivity contribution in [2.75, 3.05) is 0 Å². The highest BCUT2D eigenvalue weighted by Gasteiger charge is 2.18. The molecule has 0 aliphatic carbocycles. The van der Waals surface area contributed by atoms with Crippen LogP contribution in [0.25, 0.3) is 99.5 Å². The standard InChI is InChI=1S/C52H34N4/c1-3-13-35(14-4-1)39-27-41(33-53-31-39)55-49-21-11-9-19-45(49)47-29-37(23-25-51(47)55)43-17-7-8-18-44(43)38-24-26-52-48(30-38)46-20-10-12-22-50(46)56(52)42-28-40(32-54-34-42)36-15-5-2-6-16-36/h1-34H. The third-order valence-electron chi connectivity index (χ3n) is 11.1. The van der Waals surface area contributed by atoms with E-state index in [4.69, 9.17) is 9.97 Å². The van der Waals surface area contributed by atoms with Crippen LogP contribution in [0.15, 0.2) is 207 Å². The van der Waals surface area contributed by atoms with E-state index in [1.807, 2.05) is 36.9 Å². The van der Waals surface area contributed by atoms with E-state index in [1.54, 1.807) is 0 Å². The van der Waals surface area contributed by atoms with E-state index in [-0.39, 0.29) is 0 Å². The fraction of sp³-hybridized carbons (Fsp3) is 0. The molecular formula is C52H34N4. The van der Waals surface area contributed by atoms with E-state index in [1.165, 1.54) is 43.8 Å². The molecule has 56 heavy (non-hydrogen) atoms. The Morgan fingerprint density at radius 3 is 1.12 bits per heavy atom. The summed E-state index contributed by atoms with van der Waals surface area (Å²) in [5.41, 5.74) is 15.9. The number of hydrogen-bond acceptors (Lipinski definition) is 2. The number of pyridine rings is 2. The third kappa shape index (κ3) is 5.23. The van der Waals surface area contributed by atoms with Crippen molar-refractivity contribution in [1.82, 2.24) is 19.1 Å². The lowest BCUT2D eigenvalue weighted by atomic mass is 9.93. The molecule has 4 aromatic heterocycles. The van der Waals surface area contributed by atoms with Crippen LogP contribution in [-0.2, 0) is 0 Å². The van der Waals surface area contributed by atoms with Gasteiger partial charge in [0.25, 0.3) is 0 Å². The van der Waals surface area contributed by atoms with Gasteiger partial charge in [-0.3, -0.25) is 9.97 Å². The van der Waals surface area contributed by atoms with Gasteiger partial charge < -0.3 is 9.13 Å². The Morgan fingerprint density at radius 2 is 0.661 bits per heavy atom. The van der Waals surface area contributed by atoms with Crippen LogP contribution in [0.2, 0.25) is 0 Å². The van der Waals surface area contributed by atoms with Gasteiger partial charge in [-0.15, -0.1) is 0 Å². The second-order valence-corrected chi connectivity index (χ2v) is 14.3. The van der Waals surface area contributed by atoms with Gasteiger partial charge >= 0.3 is 0 Å². The number of rotatable bonds is 6. The molecule has 0 aliphatic heterocycles. The second kappa shape index (κ2) is 13.1. The average Bonchev–Trinajstić information content (AvgIpc) is 3.79. The second-order valence-electron chi connectivity index (χ2n) is 14.3. The Bertz CT molecular complexity index is 3030. The molecule has 7 aromatic carbocycles. The van der Waals surface area contributed by atoms with Gasteiger partial charge in [-0.2, -0.15) is 0 Å². The van der Waals surface area contributed by atoms with Crippen LogP contribution in [0.3, 0.4) is 0 Å². The van der Waals surface area contributed by atoms with Crippen molar-refractivity contribution >= 4 is 43.6 Å². The van der Waals surface area contributed by atoms with Crippen molar-refractivity contribution in [3.63, 3.8) is 0 Å². The zero-order chi connectivity index (χ0) is 37.0. The number of benzene rings is 7. The zero-order valence-corrected chi connectivity index (χ0v) is 30.4. The van der Waals surface area contributed by atoms with Gasteiger partial charge in [0.1, 0.15) is 0 Å². The highest BCUT2D eigenvalue weighted by Crippen LogP contribution is 2.41. The Balaban J connectivity index is 1.04. The quantitative estimate of drug-likeness (QED) is 0.172. The monoisotopic (exact) mass is 714 g/mol. The topological polar surface area (TPSA) is 35.6 Å². The Morgan fingerprint density at radius 1 is 0.268 bits per heavy atom. The fourth-order valence-electron chi connectivity index (χ4n) is 8.50. The Labute approximate surface area is 324 Å². The van der Waals surface area contributed by atoms with Gasteiger partial charge in [-0.25, -0.2) is 0 Å². The first-order chi connectivity index (χ1) is 27.8. The first-order valence-corrected chi connectivity index (χ1v) is 19.0. The summed E-state index contributed by atoms with van der Waals surface area (Å²) in [6.45, 7) is 0. The van der Waals surface area contributed by atoms with Crippen LogP contribution < -0.4 is 0 Å². The van der Waals surface area contributed by atoms with Crippen molar-refractivity contribution in [2.45, 2.75) is 0 Å². The maximum absolute atomic E-state index is 4.69. The predicted molar refractivity (Wildman–Crippen MR) is 232 cm³/mol. The third-order valence-corrected chi connectivity index (χ3v) is 11.1. The molecule has 0 N–H and O–H groups in total. The van der Waals surface area contributed by atoms with Crippen LogP contribution in [0, 0.1) is 0 Å². The van der Waals surface area contributed by atoms with Crippen molar-refractivity contribution in [1.29, 1.82) is 0 Å². The van der Waals surface area contributed by atoms with Gasteiger partial charge in [-0.1, -0.05) is 133 Å². The lowest BCUT2D eigenvalue weighted by Gasteiger charge is -2.13. The summed E-state index contributed by atoms with van der Waals surface area (Å²) in [6.07, 6.45) is 7.81. The van der Waals surface area contributed by atoms with Gasteiger partial charge in [0.2, 0.25) is 0 Å². The predicted octanol–water partition coefficient (Wildman–Crippen LogP) is 13.3. The SMILES string of the molecule is c1ccc(-c2cncc(-n3c4ccccc4c4cc(-c5ccccc5-c5ccc6c(c5)c5ccccc5n6-c5cncc(-c6ccccc6)c5)ccc43)c2)cc1. The first kappa shape index (κ1) is 31.9. The molecule has 4 heterocycles. The van der Waals surface area contributed by atoms with E-state index < -0.39 is 0 Å². The summed E-state index contributed by atoms with van der Waals surface area (Å²) in [6, 6.07) is 65.3. The summed E-state index contributed by atoms with van der Waals surface area (Å²) in [5, 5.41) is 4.85. The van der Waals surface area contributed by atoms with E-state index in [0.717, 1.165) is 55.7 Å². The molecule has 11 rings (SSSR count). The number of nitrogens with zero attached hydrogens (tertiary/aromatic N) is 4. The molecule has 0 saturated heterocycles. The summed E-state index contributed by atoms with van der Waals surface area (Å²) >= 11 is 0. The number of hydrogen-bond donors (Lipinski definition) is 0. The maximum Gasteiger partial charge on any atom is 0.0651 e. The molecular weight excluding hydrogens is 681 g/mol. The van der Waals surface area contributed by atoms with Crippen molar-refractivity contribution in [3.05, 3.63) is 207 Å². The summed E-state index contributed by atoms with van der Waals surface area (Å²) < 4.78 is 4.68. The van der Waals surface area contributed by atoms with Crippen molar-refractivity contribution < 1.29 is 0 Å². The molecule has 0 radical (unpaired) electrons. The van der Waals surface area contributed by atoms with Gasteiger partial charge in [0.15, 0.2) is 0 Å². The van der Waals surface area contributed by atoms with Gasteiger partial charge in [0, 0.05) is 45.1 Å². The van der Waals surface area contributed by atoms with Crippen LogP contribution in [-0.4, -0.2) is 19.1 Å². The van der Waals surface area contributed by atoms with Crippen molar-refractivity contribution in [2.24, 2.45) is 0 Å². The normalized spacial score (nSPS) is 11.6. The van der Waals surface area contributed by atoms with E-state index in [0.29, 0.717) is 0 Å². The van der Waals surface area contributed by atoms with Crippen LogP contribution in [0.1, 0.15) is 0 Å². The minimum atomic E-state index is 1.04. The lowest BCUT2D eigenvalue weighted by molar-refractivity contribution is 1.14. The minimum absolute atomic E-state index is 1.04. The molecule has 0 unspecified atom stereocenters. The van der Waals surface area contributed by atoms with Gasteiger partial charge in [-0.05, 0) is 81.9 Å². The average molecular weight is 715 g/mol. The molecule has 4 heteroatoms. The molecule has 11 aromatic rings. The first-order valence-electron chi connectivity index (χ1n) is 19.0. The van der Waals surface area contributed by atoms with E-state index in [9.17, 15) is 0 Å². The number of aromatic nitrogens is 4.